The van der Waals surface area contributed by atoms with Crippen LogP contribution in [0.2, 0.25) is 0 Å². The summed E-state index contributed by atoms with van der Waals surface area (Å²) in [6.45, 7) is 4.16. The molecule has 2 aromatic carbocycles. The number of hydrogen-bond donors (Lipinski definition) is 1. The van der Waals surface area contributed by atoms with Crippen LogP contribution in [0.1, 0.15) is 16.8 Å². The fourth-order valence-corrected chi connectivity index (χ4v) is 3.96. The van der Waals surface area contributed by atoms with Crippen LogP contribution in [0.25, 0.3) is 11.5 Å². The maximum Gasteiger partial charge on any atom is 0.277 e. The normalized spacial score (nSPS) is 10.9. The number of anilines is 2. The van der Waals surface area contributed by atoms with Crippen molar-refractivity contribution in [3.05, 3.63) is 70.7 Å². The number of rotatable bonds is 6. The molecule has 2 heterocycles. The van der Waals surface area contributed by atoms with E-state index in [1.165, 1.54) is 22.9 Å². The van der Waals surface area contributed by atoms with Crippen LogP contribution < -0.4 is 5.32 Å². The Hall–Kier alpha value is -2.64. The van der Waals surface area contributed by atoms with Gasteiger partial charge < -0.3 is 9.73 Å². The van der Waals surface area contributed by atoms with Crippen molar-refractivity contribution >= 4 is 33.9 Å². The first-order chi connectivity index (χ1) is 13.2. The lowest BCUT2D eigenvalue weighted by atomic mass is 10.1. The van der Waals surface area contributed by atoms with E-state index in [9.17, 15) is 0 Å². The molecular formula is C20H18N4OS2. The maximum absolute atomic E-state index is 5.79. The van der Waals surface area contributed by atoms with Gasteiger partial charge in [-0.1, -0.05) is 36.0 Å². The van der Waals surface area contributed by atoms with Crippen molar-refractivity contribution in [2.45, 2.75) is 24.8 Å². The first-order valence-corrected chi connectivity index (χ1v) is 10.3. The quantitative estimate of drug-likeness (QED) is 0.414. The van der Waals surface area contributed by atoms with Gasteiger partial charge in [0.1, 0.15) is 0 Å². The third kappa shape index (κ3) is 4.37. The van der Waals surface area contributed by atoms with Gasteiger partial charge in [-0.05, 0) is 49.2 Å². The number of benzene rings is 2. The second-order valence-electron chi connectivity index (χ2n) is 6.10. The second kappa shape index (κ2) is 7.94. The van der Waals surface area contributed by atoms with E-state index < -0.39 is 0 Å². The molecule has 27 heavy (non-hydrogen) atoms. The van der Waals surface area contributed by atoms with Crippen molar-refractivity contribution < 1.29 is 4.42 Å². The first kappa shape index (κ1) is 17.8. The smallest absolute Gasteiger partial charge is 0.277 e. The number of thiazole rings is 1. The van der Waals surface area contributed by atoms with E-state index in [4.69, 9.17) is 4.42 Å². The van der Waals surface area contributed by atoms with Crippen molar-refractivity contribution in [3.63, 3.8) is 0 Å². The molecular weight excluding hydrogens is 376 g/mol. The average Bonchev–Trinajstić information content (AvgIpc) is 3.33. The Balaban J connectivity index is 1.38. The van der Waals surface area contributed by atoms with Gasteiger partial charge in [-0.2, -0.15) is 0 Å². The standard InChI is InChI=1S/C20H18N4OS2/c1-13-8-9-15(10-14(13)2)18-23-24-20(25-18)27-12-17-11-26-19(22-17)21-16-6-4-3-5-7-16/h3-11H,12H2,1-2H3,(H,21,22). The number of nitrogens with one attached hydrogen (secondary N) is 1. The predicted octanol–water partition coefficient (Wildman–Crippen LogP) is 5.85. The number of aromatic nitrogens is 3. The molecule has 0 aliphatic rings. The summed E-state index contributed by atoms with van der Waals surface area (Å²) in [4.78, 5) is 4.60. The molecule has 2 aromatic heterocycles. The van der Waals surface area contributed by atoms with Crippen LogP contribution in [-0.4, -0.2) is 15.2 Å². The Kier molecular flexibility index (Phi) is 5.22. The largest absolute Gasteiger partial charge is 0.411 e. The summed E-state index contributed by atoms with van der Waals surface area (Å²) in [6.07, 6.45) is 0. The van der Waals surface area contributed by atoms with Crippen molar-refractivity contribution in [1.82, 2.24) is 15.2 Å². The minimum Gasteiger partial charge on any atom is -0.411 e. The third-order valence-electron chi connectivity index (χ3n) is 4.08. The van der Waals surface area contributed by atoms with Gasteiger partial charge in [0.15, 0.2) is 5.13 Å². The zero-order chi connectivity index (χ0) is 18.6. The summed E-state index contributed by atoms with van der Waals surface area (Å²) in [5.74, 6) is 1.23. The molecule has 0 radical (unpaired) electrons. The molecule has 0 fully saturated rings. The predicted molar refractivity (Wildman–Crippen MR) is 111 cm³/mol. The molecule has 0 aliphatic carbocycles. The Morgan fingerprint density at radius 3 is 2.70 bits per heavy atom. The van der Waals surface area contributed by atoms with Crippen LogP contribution in [0.15, 0.2) is 63.6 Å². The molecule has 4 aromatic rings. The number of para-hydroxylation sites is 1. The van der Waals surface area contributed by atoms with Gasteiger partial charge >= 0.3 is 0 Å². The highest BCUT2D eigenvalue weighted by Crippen LogP contribution is 2.28. The van der Waals surface area contributed by atoms with E-state index >= 15 is 0 Å². The monoisotopic (exact) mass is 394 g/mol. The molecule has 0 atom stereocenters. The number of hydrogen-bond acceptors (Lipinski definition) is 7. The van der Waals surface area contributed by atoms with Crippen molar-refractivity contribution in [2.24, 2.45) is 0 Å². The van der Waals surface area contributed by atoms with E-state index in [0.717, 1.165) is 22.1 Å². The molecule has 0 saturated carbocycles. The highest BCUT2D eigenvalue weighted by atomic mass is 32.2. The van der Waals surface area contributed by atoms with Crippen molar-refractivity contribution in [3.8, 4) is 11.5 Å². The molecule has 0 bridgehead atoms. The lowest BCUT2D eigenvalue weighted by molar-refractivity contribution is 0.466. The topological polar surface area (TPSA) is 63.8 Å². The average molecular weight is 395 g/mol. The zero-order valence-electron chi connectivity index (χ0n) is 15.0. The van der Waals surface area contributed by atoms with Crippen LogP contribution >= 0.6 is 23.1 Å². The summed E-state index contributed by atoms with van der Waals surface area (Å²) in [6, 6.07) is 16.2. The molecule has 4 rings (SSSR count). The fraction of sp³-hybridized carbons (Fsp3) is 0.150. The minimum atomic E-state index is 0.547. The van der Waals surface area contributed by atoms with Gasteiger partial charge in [0, 0.05) is 22.4 Å². The molecule has 136 valence electrons. The van der Waals surface area contributed by atoms with Gasteiger partial charge in [-0.3, -0.25) is 0 Å². The van der Waals surface area contributed by atoms with E-state index in [1.54, 1.807) is 11.3 Å². The summed E-state index contributed by atoms with van der Waals surface area (Å²) in [7, 11) is 0. The Morgan fingerprint density at radius 2 is 1.89 bits per heavy atom. The Labute approximate surface area is 165 Å². The summed E-state index contributed by atoms with van der Waals surface area (Å²) in [5, 5.41) is 15.1. The van der Waals surface area contributed by atoms with Gasteiger partial charge in [0.25, 0.3) is 5.22 Å². The number of nitrogens with zero attached hydrogens (tertiary/aromatic N) is 3. The van der Waals surface area contributed by atoms with E-state index in [0.29, 0.717) is 16.9 Å². The molecule has 0 saturated heterocycles. The molecule has 5 nitrogen and oxygen atoms in total. The van der Waals surface area contributed by atoms with Gasteiger partial charge in [-0.15, -0.1) is 21.5 Å². The Morgan fingerprint density at radius 1 is 1.04 bits per heavy atom. The van der Waals surface area contributed by atoms with Crippen LogP contribution in [0.3, 0.4) is 0 Å². The highest BCUT2D eigenvalue weighted by Gasteiger charge is 2.11. The molecule has 0 amide bonds. The van der Waals surface area contributed by atoms with Crippen LogP contribution in [0.4, 0.5) is 10.8 Å². The van der Waals surface area contributed by atoms with Crippen molar-refractivity contribution in [2.75, 3.05) is 5.32 Å². The van der Waals surface area contributed by atoms with Gasteiger partial charge in [-0.25, -0.2) is 4.98 Å². The molecule has 0 aliphatic heterocycles. The van der Waals surface area contributed by atoms with Crippen LogP contribution in [-0.2, 0) is 5.75 Å². The first-order valence-electron chi connectivity index (χ1n) is 8.48. The second-order valence-corrected chi connectivity index (χ2v) is 7.88. The maximum atomic E-state index is 5.79. The van der Waals surface area contributed by atoms with E-state index in [1.807, 2.05) is 41.8 Å². The zero-order valence-corrected chi connectivity index (χ0v) is 16.6. The lowest BCUT2D eigenvalue weighted by Crippen LogP contribution is -1.89. The minimum absolute atomic E-state index is 0.547. The van der Waals surface area contributed by atoms with Crippen molar-refractivity contribution in [1.29, 1.82) is 0 Å². The SMILES string of the molecule is Cc1ccc(-c2nnc(SCc3csc(Nc4ccccc4)n3)o2)cc1C. The van der Waals surface area contributed by atoms with Crippen LogP contribution in [0, 0.1) is 13.8 Å². The van der Waals surface area contributed by atoms with Gasteiger partial charge in [0.2, 0.25) is 5.89 Å². The molecule has 7 heteroatoms. The molecule has 0 unspecified atom stereocenters. The lowest BCUT2D eigenvalue weighted by Gasteiger charge is -2.01. The van der Waals surface area contributed by atoms with Crippen LogP contribution in [0.5, 0.6) is 0 Å². The van der Waals surface area contributed by atoms with Gasteiger partial charge in [0.05, 0.1) is 5.69 Å². The third-order valence-corrected chi connectivity index (χ3v) is 5.74. The van der Waals surface area contributed by atoms with E-state index in [-0.39, 0.29) is 0 Å². The summed E-state index contributed by atoms with van der Waals surface area (Å²) >= 11 is 3.07. The highest BCUT2D eigenvalue weighted by molar-refractivity contribution is 7.98. The van der Waals surface area contributed by atoms with E-state index in [2.05, 4.69) is 46.5 Å². The molecule has 0 spiro atoms. The fourth-order valence-electron chi connectivity index (χ4n) is 2.47. The Bertz CT molecular complexity index is 1040. The summed E-state index contributed by atoms with van der Waals surface area (Å²) in [5.41, 5.74) is 5.41. The summed E-state index contributed by atoms with van der Waals surface area (Å²) < 4.78 is 5.79. The number of thioether (sulfide) groups is 1. The molecule has 1 N–H and O–H groups in total. The number of aryl methyl sites for hydroxylation is 2.